The Morgan fingerprint density at radius 1 is 1.19 bits per heavy atom. The molecular weight excluding hydrogens is 265 g/mol. The Labute approximate surface area is 127 Å². The Morgan fingerprint density at radius 2 is 1.76 bits per heavy atom. The molecule has 1 aliphatic carbocycles. The van der Waals surface area contributed by atoms with Crippen molar-refractivity contribution in [2.75, 3.05) is 7.05 Å². The molecule has 0 saturated heterocycles. The Kier molecular flexibility index (Phi) is 5.77. The van der Waals surface area contributed by atoms with Crippen LogP contribution in [0.15, 0.2) is 24.3 Å². The lowest BCUT2D eigenvalue weighted by atomic mass is 9.96. The van der Waals surface area contributed by atoms with Crippen LogP contribution in [0.2, 0.25) is 0 Å². The van der Waals surface area contributed by atoms with Crippen molar-refractivity contribution in [3.63, 3.8) is 0 Å². The first kappa shape index (κ1) is 16.0. The SMILES string of the molecule is CC(CC(=O)N(C)C1CCCCCC1)c1ccc(F)cc1. The highest BCUT2D eigenvalue weighted by Gasteiger charge is 2.22. The van der Waals surface area contributed by atoms with Crippen LogP contribution in [0.4, 0.5) is 4.39 Å². The van der Waals surface area contributed by atoms with Gasteiger partial charge in [0.15, 0.2) is 0 Å². The third-order valence-corrected chi connectivity index (χ3v) is 4.69. The van der Waals surface area contributed by atoms with Gasteiger partial charge in [-0.25, -0.2) is 4.39 Å². The second-order valence-corrected chi connectivity index (χ2v) is 6.31. The minimum atomic E-state index is -0.229. The monoisotopic (exact) mass is 291 g/mol. The molecule has 2 rings (SSSR count). The minimum Gasteiger partial charge on any atom is -0.343 e. The maximum atomic E-state index is 12.9. The van der Waals surface area contributed by atoms with Crippen molar-refractivity contribution in [1.29, 1.82) is 0 Å². The van der Waals surface area contributed by atoms with E-state index in [4.69, 9.17) is 0 Å². The van der Waals surface area contributed by atoms with Crippen LogP contribution in [0, 0.1) is 5.82 Å². The molecule has 0 spiro atoms. The van der Waals surface area contributed by atoms with Crippen molar-refractivity contribution in [3.05, 3.63) is 35.6 Å². The number of carbonyl (C=O) groups is 1. The van der Waals surface area contributed by atoms with Crippen molar-refractivity contribution in [2.24, 2.45) is 0 Å². The molecular formula is C18H26FNO. The van der Waals surface area contributed by atoms with Crippen LogP contribution in [0.1, 0.15) is 63.4 Å². The highest BCUT2D eigenvalue weighted by Crippen LogP contribution is 2.24. The lowest BCUT2D eigenvalue weighted by Gasteiger charge is -2.28. The molecule has 0 radical (unpaired) electrons. The molecule has 2 nitrogen and oxygen atoms in total. The number of hydrogen-bond donors (Lipinski definition) is 0. The van der Waals surface area contributed by atoms with Crippen molar-refractivity contribution in [1.82, 2.24) is 4.90 Å². The molecule has 1 aromatic carbocycles. The van der Waals surface area contributed by atoms with Crippen molar-refractivity contribution in [3.8, 4) is 0 Å². The van der Waals surface area contributed by atoms with Crippen LogP contribution in [0.3, 0.4) is 0 Å². The third kappa shape index (κ3) is 4.55. The Hall–Kier alpha value is -1.38. The summed E-state index contributed by atoms with van der Waals surface area (Å²) in [5, 5.41) is 0. The summed E-state index contributed by atoms with van der Waals surface area (Å²) in [6.45, 7) is 2.03. The van der Waals surface area contributed by atoms with Crippen LogP contribution in [-0.4, -0.2) is 23.9 Å². The molecule has 1 fully saturated rings. The van der Waals surface area contributed by atoms with E-state index in [9.17, 15) is 9.18 Å². The molecule has 1 aromatic rings. The number of amides is 1. The first-order chi connectivity index (χ1) is 10.1. The van der Waals surface area contributed by atoms with Gasteiger partial charge in [0.2, 0.25) is 5.91 Å². The molecule has 116 valence electrons. The molecule has 0 heterocycles. The van der Waals surface area contributed by atoms with Gasteiger partial charge in [-0.1, -0.05) is 44.7 Å². The molecule has 0 bridgehead atoms. The lowest BCUT2D eigenvalue weighted by molar-refractivity contribution is -0.132. The summed E-state index contributed by atoms with van der Waals surface area (Å²) in [7, 11) is 1.94. The summed E-state index contributed by atoms with van der Waals surface area (Å²) in [6, 6.07) is 6.88. The lowest BCUT2D eigenvalue weighted by Crippen LogP contribution is -2.37. The summed E-state index contributed by atoms with van der Waals surface area (Å²) in [4.78, 5) is 14.4. The largest absolute Gasteiger partial charge is 0.343 e. The fourth-order valence-electron chi connectivity index (χ4n) is 3.16. The fraction of sp³-hybridized carbons (Fsp3) is 0.611. The van der Waals surface area contributed by atoms with E-state index in [2.05, 4.69) is 0 Å². The second kappa shape index (κ2) is 7.58. The molecule has 1 aliphatic rings. The predicted molar refractivity (Wildman–Crippen MR) is 83.7 cm³/mol. The second-order valence-electron chi connectivity index (χ2n) is 6.31. The Balaban J connectivity index is 1.91. The zero-order valence-corrected chi connectivity index (χ0v) is 13.1. The number of hydrogen-bond acceptors (Lipinski definition) is 1. The number of benzene rings is 1. The van der Waals surface area contributed by atoms with Gasteiger partial charge in [-0.2, -0.15) is 0 Å². The van der Waals surface area contributed by atoms with Gasteiger partial charge in [-0.05, 0) is 36.5 Å². The number of nitrogens with zero attached hydrogens (tertiary/aromatic N) is 1. The van der Waals surface area contributed by atoms with Crippen LogP contribution in [0.5, 0.6) is 0 Å². The number of rotatable bonds is 4. The van der Waals surface area contributed by atoms with E-state index < -0.39 is 0 Å². The summed E-state index contributed by atoms with van der Waals surface area (Å²) >= 11 is 0. The van der Waals surface area contributed by atoms with E-state index in [0.29, 0.717) is 12.5 Å². The van der Waals surface area contributed by atoms with Gasteiger partial charge in [0, 0.05) is 19.5 Å². The molecule has 0 aromatic heterocycles. The number of halogens is 1. The van der Waals surface area contributed by atoms with Crippen LogP contribution >= 0.6 is 0 Å². The third-order valence-electron chi connectivity index (χ3n) is 4.69. The van der Waals surface area contributed by atoms with Gasteiger partial charge in [0.25, 0.3) is 0 Å². The van der Waals surface area contributed by atoms with Gasteiger partial charge in [0.1, 0.15) is 5.82 Å². The van der Waals surface area contributed by atoms with E-state index >= 15 is 0 Å². The van der Waals surface area contributed by atoms with Gasteiger partial charge in [-0.15, -0.1) is 0 Å². The van der Waals surface area contributed by atoms with Crippen LogP contribution in [0.25, 0.3) is 0 Å². The topological polar surface area (TPSA) is 20.3 Å². The predicted octanol–water partition coefficient (Wildman–Crippen LogP) is 4.50. The average Bonchev–Trinajstić information content (AvgIpc) is 2.76. The van der Waals surface area contributed by atoms with Gasteiger partial charge in [-0.3, -0.25) is 4.79 Å². The van der Waals surface area contributed by atoms with Crippen LogP contribution in [-0.2, 0) is 4.79 Å². The van der Waals surface area contributed by atoms with Gasteiger partial charge < -0.3 is 4.90 Å². The molecule has 0 aliphatic heterocycles. The quantitative estimate of drug-likeness (QED) is 0.748. The maximum absolute atomic E-state index is 12.9. The molecule has 21 heavy (non-hydrogen) atoms. The zero-order valence-electron chi connectivity index (χ0n) is 13.1. The normalized spacial score (nSPS) is 18.0. The van der Waals surface area contributed by atoms with E-state index in [1.165, 1.54) is 37.8 Å². The summed E-state index contributed by atoms with van der Waals surface area (Å²) in [5.74, 6) is 0.109. The maximum Gasteiger partial charge on any atom is 0.223 e. The van der Waals surface area contributed by atoms with Gasteiger partial charge >= 0.3 is 0 Å². The molecule has 1 saturated carbocycles. The van der Waals surface area contributed by atoms with E-state index in [1.54, 1.807) is 12.1 Å². The molecule has 1 atom stereocenters. The van der Waals surface area contributed by atoms with Gasteiger partial charge in [0.05, 0.1) is 0 Å². The molecule has 1 amide bonds. The summed E-state index contributed by atoms with van der Waals surface area (Å²) in [5.41, 5.74) is 1.03. The van der Waals surface area contributed by atoms with Crippen molar-refractivity contribution in [2.45, 2.75) is 63.8 Å². The van der Waals surface area contributed by atoms with Crippen molar-refractivity contribution < 1.29 is 9.18 Å². The zero-order chi connectivity index (χ0) is 15.2. The first-order valence-electron chi connectivity index (χ1n) is 8.09. The standard InChI is InChI=1S/C18H26FNO/c1-14(15-9-11-16(19)12-10-15)13-18(21)20(2)17-7-5-3-4-6-8-17/h9-12,14,17H,3-8,13H2,1-2H3. The minimum absolute atomic E-state index is 0.131. The summed E-state index contributed by atoms with van der Waals surface area (Å²) < 4.78 is 12.9. The highest BCUT2D eigenvalue weighted by molar-refractivity contribution is 5.77. The van der Waals surface area contributed by atoms with E-state index in [0.717, 1.165) is 18.4 Å². The van der Waals surface area contributed by atoms with E-state index in [-0.39, 0.29) is 17.6 Å². The average molecular weight is 291 g/mol. The summed E-state index contributed by atoms with van der Waals surface area (Å²) in [6.07, 6.45) is 7.82. The van der Waals surface area contributed by atoms with E-state index in [1.807, 2.05) is 18.9 Å². The van der Waals surface area contributed by atoms with Crippen molar-refractivity contribution >= 4 is 5.91 Å². The Bertz CT molecular complexity index is 449. The van der Waals surface area contributed by atoms with Crippen LogP contribution < -0.4 is 0 Å². The fourth-order valence-corrected chi connectivity index (χ4v) is 3.16. The molecule has 0 N–H and O–H groups in total. The number of carbonyl (C=O) groups excluding carboxylic acids is 1. The first-order valence-corrected chi connectivity index (χ1v) is 8.09. The highest BCUT2D eigenvalue weighted by atomic mass is 19.1. The Morgan fingerprint density at radius 3 is 2.33 bits per heavy atom. The molecule has 3 heteroatoms. The smallest absolute Gasteiger partial charge is 0.223 e. The molecule has 1 unspecified atom stereocenters.